The zero-order valence-electron chi connectivity index (χ0n) is 9.48. The van der Waals surface area contributed by atoms with Gasteiger partial charge in [0, 0.05) is 25.4 Å². The molecule has 0 bridgehead atoms. The zero-order valence-corrected chi connectivity index (χ0v) is 9.48. The molecule has 0 spiro atoms. The lowest BCUT2D eigenvalue weighted by molar-refractivity contribution is 0.307. The predicted octanol–water partition coefficient (Wildman–Crippen LogP) is -0.361. The van der Waals surface area contributed by atoms with E-state index in [2.05, 4.69) is 5.32 Å². The molecule has 88 valence electrons. The van der Waals surface area contributed by atoms with Crippen LogP contribution in [0.1, 0.15) is 13.3 Å². The first kappa shape index (κ1) is 11.1. The molecule has 0 unspecified atom stereocenters. The van der Waals surface area contributed by atoms with Crippen LogP contribution in [0.25, 0.3) is 0 Å². The molecule has 0 aliphatic carbocycles. The van der Waals surface area contributed by atoms with Crippen molar-refractivity contribution in [3.63, 3.8) is 0 Å². The van der Waals surface area contributed by atoms with Crippen LogP contribution in [-0.4, -0.2) is 22.2 Å². The van der Waals surface area contributed by atoms with Crippen molar-refractivity contribution in [1.29, 1.82) is 0 Å². The van der Waals surface area contributed by atoms with Gasteiger partial charge in [-0.2, -0.15) is 0 Å². The van der Waals surface area contributed by atoms with Gasteiger partial charge >= 0.3 is 5.69 Å². The third kappa shape index (κ3) is 2.09. The highest BCUT2D eigenvalue weighted by molar-refractivity contribution is 4.86. The zero-order chi connectivity index (χ0) is 11.5. The smallest absolute Gasteiger partial charge is 0.316 e. The second-order valence-corrected chi connectivity index (χ2v) is 4.19. The summed E-state index contributed by atoms with van der Waals surface area (Å²) < 4.78 is 2.89. The van der Waals surface area contributed by atoms with Gasteiger partial charge in [0.15, 0.2) is 0 Å². The van der Waals surface area contributed by atoms with Crippen LogP contribution in [0.4, 0.5) is 0 Å². The average molecular weight is 223 g/mol. The van der Waals surface area contributed by atoms with Crippen LogP contribution in [0.2, 0.25) is 0 Å². The summed E-state index contributed by atoms with van der Waals surface area (Å²) in [6, 6.07) is 1.46. The second kappa shape index (κ2) is 4.65. The minimum Gasteiger partial charge on any atom is -0.316 e. The Kier molecular flexibility index (Phi) is 3.24. The van der Waals surface area contributed by atoms with Gasteiger partial charge < -0.3 is 9.88 Å². The first-order valence-corrected chi connectivity index (χ1v) is 5.73. The fourth-order valence-electron chi connectivity index (χ4n) is 1.87. The summed E-state index contributed by atoms with van der Waals surface area (Å²) in [4.78, 5) is 23.4. The van der Waals surface area contributed by atoms with Crippen molar-refractivity contribution >= 4 is 0 Å². The Hall–Kier alpha value is -1.36. The van der Waals surface area contributed by atoms with E-state index >= 15 is 0 Å². The molecule has 1 aromatic heterocycles. The maximum absolute atomic E-state index is 11.8. The van der Waals surface area contributed by atoms with Crippen LogP contribution in [0.15, 0.2) is 21.9 Å². The molecule has 1 N–H and O–H groups in total. The number of aryl methyl sites for hydroxylation is 1. The SMILES string of the molecule is CCn1ccc(=O)n(CCC2CNC2)c1=O. The Morgan fingerprint density at radius 2 is 2.19 bits per heavy atom. The van der Waals surface area contributed by atoms with Crippen LogP contribution in [0.5, 0.6) is 0 Å². The predicted molar refractivity (Wildman–Crippen MR) is 61.6 cm³/mol. The molecule has 1 fully saturated rings. The standard InChI is InChI=1S/C11H17N3O2/c1-2-13-5-4-10(15)14(11(13)16)6-3-9-7-12-8-9/h4-5,9,12H,2-3,6-8H2,1H3. The Labute approximate surface area is 93.7 Å². The largest absolute Gasteiger partial charge is 0.330 e. The fraction of sp³-hybridized carbons (Fsp3) is 0.636. The van der Waals surface area contributed by atoms with E-state index in [1.54, 1.807) is 10.8 Å². The van der Waals surface area contributed by atoms with Crippen LogP contribution < -0.4 is 16.6 Å². The number of hydrogen-bond donors (Lipinski definition) is 1. The molecular formula is C11H17N3O2. The topological polar surface area (TPSA) is 56.0 Å². The average Bonchev–Trinajstić information content (AvgIpc) is 2.20. The van der Waals surface area contributed by atoms with E-state index in [0.717, 1.165) is 19.5 Å². The minimum absolute atomic E-state index is 0.192. The molecule has 0 saturated carbocycles. The van der Waals surface area contributed by atoms with Gasteiger partial charge in [0.25, 0.3) is 5.56 Å². The van der Waals surface area contributed by atoms with Gasteiger partial charge in [0.05, 0.1) is 0 Å². The van der Waals surface area contributed by atoms with Crippen molar-refractivity contribution in [2.24, 2.45) is 5.92 Å². The van der Waals surface area contributed by atoms with Gasteiger partial charge in [-0.1, -0.05) is 0 Å². The van der Waals surface area contributed by atoms with E-state index in [1.165, 1.54) is 10.6 Å². The van der Waals surface area contributed by atoms with Crippen molar-refractivity contribution in [3.05, 3.63) is 33.1 Å². The summed E-state index contributed by atoms with van der Waals surface area (Å²) in [6.07, 6.45) is 2.46. The normalized spacial score (nSPS) is 16.1. The maximum Gasteiger partial charge on any atom is 0.330 e. The molecule has 1 aliphatic heterocycles. The van der Waals surface area contributed by atoms with Crippen LogP contribution in [-0.2, 0) is 13.1 Å². The highest BCUT2D eigenvalue weighted by Crippen LogP contribution is 2.07. The highest BCUT2D eigenvalue weighted by atomic mass is 16.2. The molecule has 5 nitrogen and oxygen atoms in total. The van der Waals surface area contributed by atoms with Crippen LogP contribution >= 0.6 is 0 Å². The Morgan fingerprint density at radius 1 is 1.44 bits per heavy atom. The molecule has 0 atom stereocenters. The van der Waals surface area contributed by atoms with Crippen molar-refractivity contribution in [2.45, 2.75) is 26.4 Å². The second-order valence-electron chi connectivity index (χ2n) is 4.19. The van der Waals surface area contributed by atoms with E-state index in [1.807, 2.05) is 6.92 Å². The molecule has 2 heterocycles. The van der Waals surface area contributed by atoms with Crippen molar-refractivity contribution in [3.8, 4) is 0 Å². The lowest BCUT2D eigenvalue weighted by Gasteiger charge is -2.27. The van der Waals surface area contributed by atoms with E-state index < -0.39 is 0 Å². The Morgan fingerprint density at radius 3 is 2.75 bits per heavy atom. The molecule has 5 heteroatoms. The molecule has 16 heavy (non-hydrogen) atoms. The van der Waals surface area contributed by atoms with E-state index in [4.69, 9.17) is 0 Å². The van der Waals surface area contributed by atoms with E-state index in [-0.39, 0.29) is 11.2 Å². The third-order valence-corrected chi connectivity index (χ3v) is 3.11. The summed E-state index contributed by atoms with van der Waals surface area (Å²) in [5.74, 6) is 0.613. The van der Waals surface area contributed by atoms with Crippen LogP contribution in [0, 0.1) is 5.92 Å². The summed E-state index contributed by atoms with van der Waals surface area (Å²) in [5.41, 5.74) is -0.385. The lowest BCUT2D eigenvalue weighted by atomic mass is 10.00. The molecule has 2 rings (SSSR count). The van der Waals surface area contributed by atoms with Gasteiger partial charge in [0.1, 0.15) is 0 Å². The summed E-state index contributed by atoms with van der Waals surface area (Å²) in [5, 5.41) is 3.18. The van der Waals surface area contributed by atoms with E-state index in [0.29, 0.717) is 19.0 Å². The Bertz CT molecular complexity index is 471. The first-order valence-electron chi connectivity index (χ1n) is 5.73. The fourth-order valence-corrected chi connectivity index (χ4v) is 1.87. The monoisotopic (exact) mass is 223 g/mol. The quantitative estimate of drug-likeness (QED) is 0.758. The summed E-state index contributed by atoms with van der Waals surface area (Å²) in [7, 11) is 0. The lowest BCUT2D eigenvalue weighted by Crippen LogP contribution is -2.44. The van der Waals surface area contributed by atoms with Gasteiger partial charge in [-0.15, -0.1) is 0 Å². The first-order chi connectivity index (χ1) is 7.72. The minimum atomic E-state index is -0.193. The maximum atomic E-state index is 11.8. The number of aromatic nitrogens is 2. The number of nitrogens with one attached hydrogen (secondary N) is 1. The summed E-state index contributed by atoms with van der Waals surface area (Å²) in [6.45, 7) is 5.04. The van der Waals surface area contributed by atoms with E-state index in [9.17, 15) is 9.59 Å². The third-order valence-electron chi connectivity index (χ3n) is 3.11. The molecule has 1 aromatic rings. The molecule has 1 aliphatic rings. The van der Waals surface area contributed by atoms with Gasteiger partial charge in [0.2, 0.25) is 0 Å². The molecular weight excluding hydrogens is 206 g/mol. The molecule has 0 aromatic carbocycles. The molecule has 0 radical (unpaired) electrons. The molecule has 1 saturated heterocycles. The van der Waals surface area contributed by atoms with Crippen LogP contribution in [0.3, 0.4) is 0 Å². The van der Waals surface area contributed by atoms with Crippen molar-refractivity contribution in [2.75, 3.05) is 13.1 Å². The van der Waals surface area contributed by atoms with Crippen molar-refractivity contribution in [1.82, 2.24) is 14.5 Å². The van der Waals surface area contributed by atoms with Crippen molar-refractivity contribution < 1.29 is 0 Å². The molecule has 0 amide bonds. The van der Waals surface area contributed by atoms with Gasteiger partial charge in [-0.05, 0) is 32.4 Å². The highest BCUT2D eigenvalue weighted by Gasteiger charge is 2.17. The van der Waals surface area contributed by atoms with Gasteiger partial charge in [-0.3, -0.25) is 9.36 Å². The summed E-state index contributed by atoms with van der Waals surface area (Å²) >= 11 is 0. The van der Waals surface area contributed by atoms with Gasteiger partial charge in [-0.25, -0.2) is 4.79 Å². The number of hydrogen-bond acceptors (Lipinski definition) is 3. The Balaban J connectivity index is 2.17. The number of rotatable bonds is 4. The number of nitrogens with zero attached hydrogens (tertiary/aromatic N) is 2.